The van der Waals surface area contributed by atoms with Crippen molar-refractivity contribution >= 4 is 23.2 Å². The number of hydrogen-bond donors (Lipinski definition) is 1. The molecule has 0 aliphatic heterocycles. The van der Waals surface area contributed by atoms with Crippen molar-refractivity contribution in [1.29, 1.82) is 0 Å². The summed E-state index contributed by atoms with van der Waals surface area (Å²) in [4.78, 5) is 14.6. The fourth-order valence-corrected chi connectivity index (χ4v) is 1.29. The summed E-state index contributed by atoms with van der Waals surface area (Å²) in [5.74, 6) is -0.931. The van der Waals surface area contributed by atoms with Crippen molar-refractivity contribution in [2.45, 2.75) is 6.18 Å². The highest BCUT2D eigenvalue weighted by Gasteiger charge is 2.38. The summed E-state index contributed by atoms with van der Waals surface area (Å²) in [6, 6.07) is 5.27. The van der Waals surface area contributed by atoms with E-state index in [0.717, 1.165) is 6.07 Å². The van der Waals surface area contributed by atoms with Crippen LogP contribution >= 0.6 is 11.6 Å². The van der Waals surface area contributed by atoms with Gasteiger partial charge in [-0.25, -0.2) is 0 Å². The van der Waals surface area contributed by atoms with E-state index in [1.54, 1.807) is 0 Å². The van der Waals surface area contributed by atoms with Gasteiger partial charge in [-0.3, -0.25) is 4.79 Å². The van der Waals surface area contributed by atoms with Crippen LogP contribution < -0.4 is 5.73 Å². The molecule has 0 fully saturated rings. The third-order valence-electron chi connectivity index (χ3n) is 1.76. The molecule has 0 bridgehead atoms. The largest absolute Gasteiger partial charge is 0.437 e. The van der Waals surface area contributed by atoms with Crippen molar-refractivity contribution in [2.24, 2.45) is 10.9 Å². The summed E-state index contributed by atoms with van der Waals surface area (Å²) in [5.41, 5.74) is 3.05. The van der Waals surface area contributed by atoms with Crippen LogP contribution in [0.5, 0.6) is 0 Å². The van der Waals surface area contributed by atoms with Gasteiger partial charge in [0.25, 0.3) is 5.91 Å². The van der Waals surface area contributed by atoms with Crippen molar-refractivity contribution in [3.8, 4) is 0 Å². The highest BCUT2D eigenvalue weighted by molar-refractivity contribution is 6.34. The molecule has 18 heavy (non-hydrogen) atoms. The number of halogens is 4. The summed E-state index contributed by atoms with van der Waals surface area (Å²) in [6.45, 7) is -0.746. The lowest BCUT2D eigenvalue weighted by molar-refractivity contribution is -0.122. The maximum atomic E-state index is 12.7. The average molecular weight is 281 g/mol. The second kappa shape index (κ2) is 5.72. The molecule has 2 N–H and O–H groups in total. The van der Waals surface area contributed by atoms with Crippen LogP contribution in [0.15, 0.2) is 29.4 Å². The molecule has 4 nitrogen and oxygen atoms in total. The number of amides is 1. The molecule has 1 aromatic carbocycles. The van der Waals surface area contributed by atoms with Gasteiger partial charge in [-0.1, -0.05) is 35.0 Å². The molecule has 0 saturated carbocycles. The normalized spacial score (nSPS) is 12.3. The molecule has 1 aromatic rings. The topological polar surface area (TPSA) is 64.7 Å². The zero-order chi connectivity index (χ0) is 13.8. The minimum atomic E-state index is -4.76. The van der Waals surface area contributed by atoms with Gasteiger partial charge in [-0.15, -0.1) is 0 Å². The maximum Gasteiger partial charge on any atom is 0.437 e. The molecule has 0 spiro atoms. The third kappa shape index (κ3) is 3.92. The van der Waals surface area contributed by atoms with E-state index in [4.69, 9.17) is 17.3 Å². The summed E-state index contributed by atoms with van der Waals surface area (Å²) in [5, 5.41) is 2.74. The van der Waals surface area contributed by atoms with Crippen LogP contribution in [0.3, 0.4) is 0 Å². The van der Waals surface area contributed by atoms with Crippen LogP contribution in [0.1, 0.15) is 5.56 Å². The van der Waals surface area contributed by atoms with Gasteiger partial charge in [0.15, 0.2) is 12.3 Å². The summed E-state index contributed by atoms with van der Waals surface area (Å²) < 4.78 is 38.2. The van der Waals surface area contributed by atoms with E-state index in [1.165, 1.54) is 18.2 Å². The smallest absolute Gasteiger partial charge is 0.385 e. The predicted molar refractivity (Wildman–Crippen MR) is 59.2 cm³/mol. The van der Waals surface area contributed by atoms with Crippen molar-refractivity contribution < 1.29 is 22.8 Å². The number of rotatable bonds is 4. The Balaban J connectivity index is 3.07. The minimum Gasteiger partial charge on any atom is -0.385 e. The molecule has 0 radical (unpaired) electrons. The SMILES string of the molecule is NC(=O)CO/N=C(/c1ccccc1Cl)C(F)(F)F. The van der Waals surface area contributed by atoms with E-state index < -0.39 is 24.4 Å². The average Bonchev–Trinajstić information content (AvgIpc) is 2.24. The van der Waals surface area contributed by atoms with Crippen molar-refractivity contribution in [1.82, 2.24) is 0 Å². The van der Waals surface area contributed by atoms with Crippen LogP contribution in [0, 0.1) is 0 Å². The molecule has 0 aliphatic rings. The molecule has 1 rings (SSSR count). The Kier molecular flexibility index (Phi) is 4.55. The van der Waals surface area contributed by atoms with Crippen LogP contribution in [0.4, 0.5) is 13.2 Å². The van der Waals surface area contributed by atoms with E-state index in [9.17, 15) is 18.0 Å². The van der Waals surface area contributed by atoms with Gasteiger partial charge >= 0.3 is 6.18 Å². The summed E-state index contributed by atoms with van der Waals surface area (Å²) in [7, 11) is 0. The highest BCUT2D eigenvalue weighted by Crippen LogP contribution is 2.27. The fourth-order valence-electron chi connectivity index (χ4n) is 1.07. The molecule has 0 atom stereocenters. The zero-order valence-corrected chi connectivity index (χ0v) is 9.63. The lowest BCUT2D eigenvalue weighted by Gasteiger charge is -2.11. The number of benzene rings is 1. The third-order valence-corrected chi connectivity index (χ3v) is 2.09. The van der Waals surface area contributed by atoms with Gasteiger partial charge < -0.3 is 10.6 Å². The van der Waals surface area contributed by atoms with Gasteiger partial charge in [0.2, 0.25) is 0 Å². The Morgan fingerprint density at radius 2 is 2.00 bits per heavy atom. The molecule has 8 heteroatoms. The quantitative estimate of drug-likeness (QED) is 0.678. The summed E-state index contributed by atoms with van der Waals surface area (Å²) in [6.07, 6.45) is -4.76. The summed E-state index contributed by atoms with van der Waals surface area (Å²) >= 11 is 5.64. The number of alkyl halides is 3. The second-order valence-electron chi connectivity index (χ2n) is 3.16. The molecular formula is C10H8ClF3N2O2. The van der Waals surface area contributed by atoms with Crippen molar-refractivity contribution in [3.05, 3.63) is 34.9 Å². The number of primary amides is 1. The number of carbonyl (C=O) groups is 1. The van der Waals surface area contributed by atoms with Gasteiger partial charge in [0.1, 0.15) is 0 Å². The minimum absolute atomic E-state index is 0.128. The number of oxime groups is 1. The van der Waals surface area contributed by atoms with Gasteiger partial charge in [0.05, 0.1) is 5.02 Å². The number of hydrogen-bond acceptors (Lipinski definition) is 3. The Bertz CT molecular complexity index is 474. The zero-order valence-electron chi connectivity index (χ0n) is 8.87. The first-order valence-electron chi connectivity index (χ1n) is 4.62. The Morgan fingerprint density at radius 1 is 1.39 bits per heavy atom. The first kappa shape index (κ1) is 14.3. The molecule has 0 heterocycles. The number of nitrogens with two attached hydrogens (primary N) is 1. The Hall–Kier alpha value is -1.76. The van der Waals surface area contributed by atoms with Crippen LogP contribution in [-0.4, -0.2) is 24.4 Å². The van der Waals surface area contributed by atoms with Gasteiger partial charge in [-0.2, -0.15) is 13.2 Å². The van der Waals surface area contributed by atoms with Gasteiger partial charge in [0, 0.05) is 5.56 Å². The molecule has 0 aromatic heterocycles. The van der Waals surface area contributed by atoms with E-state index in [2.05, 4.69) is 9.99 Å². The molecule has 1 amide bonds. The molecule has 0 saturated heterocycles. The second-order valence-corrected chi connectivity index (χ2v) is 3.56. The van der Waals surface area contributed by atoms with E-state index in [-0.39, 0.29) is 10.6 Å². The van der Waals surface area contributed by atoms with E-state index >= 15 is 0 Å². The van der Waals surface area contributed by atoms with Crippen LogP contribution in [0.25, 0.3) is 0 Å². The first-order chi connectivity index (χ1) is 8.32. The van der Waals surface area contributed by atoms with E-state index in [1.807, 2.05) is 0 Å². The maximum absolute atomic E-state index is 12.7. The van der Waals surface area contributed by atoms with E-state index in [0.29, 0.717) is 0 Å². The number of nitrogens with zero attached hydrogens (tertiary/aromatic N) is 1. The van der Waals surface area contributed by atoms with Crippen LogP contribution in [-0.2, 0) is 9.63 Å². The highest BCUT2D eigenvalue weighted by atomic mass is 35.5. The molecule has 0 unspecified atom stereocenters. The lowest BCUT2D eigenvalue weighted by atomic mass is 10.1. The van der Waals surface area contributed by atoms with Gasteiger partial charge in [-0.05, 0) is 6.07 Å². The van der Waals surface area contributed by atoms with Crippen molar-refractivity contribution in [2.75, 3.05) is 6.61 Å². The molecular weight excluding hydrogens is 273 g/mol. The lowest BCUT2D eigenvalue weighted by Crippen LogP contribution is -2.26. The Morgan fingerprint density at radius 3 is 2.50 bits per heavy atom. The predicted octanol–water partition coefficient (Wildman–Crippen LogP) is 2.11. The Labute approximate surface area is 105 Å². The standard InChI is InChI=1S/C10H8ClF3N2O2/c11-7-4-2-1-3-6(7)9(10(12,13)14)16-18-5-8(15)17/h1-4H,5H2,(H2,15,17)/b16-9-. The fraction of sp³-hybridized carbons (Fsp3) is 0.200. The monoisotopic (exact) mass is 280 g/mol. The first-order valence-corrected chi connectivity index (χ1v) is 5.00. The van der Waals surface area contributed by atoms with Crippen LogP contribution in [0.2, 0.25) is 5.02 Å². The van der Waals surface area contributed by atoms with Crippen molar-refractivity contribution in [3.63, 3.8) is 0 Å². The molecule has 98 valence electrons. The molecule has 0 aliphatic carbocycles. The number of carbonyl (C=O) groups excluding carboxylic acids is 1.